The predicted molar refractivity (Wildman–Crippen MR) is 43.1 cm³/mol. The van der Waals surface area contributed by atoms with Gasteiger partial charge in [0.2, 0.25) is 0 Å². The first-order valence-corrected chi connectivity index (χ1v) is 3.23. The van der Waals surface area contributed by atoms with Gasteiger partial charge in [-0.25, -0.2) is 0 Å². The maximum atomic E-state index is 10.2. The van der Waals surface area contributed by atoms with Gasteiger partial charge in [0.05, 0.1) is 4.92 Å². The summed E-state index contributed by atoms with van der Waals surface area (Å²) in [4.78, 5) is 10.1. The Morgan fingerprint density at radius 3 is 2.50 bits per heavy atom. The smallest absolute Gasteiger partial charge is 0.778 e. The third kappa shape index (κ3) is 2.60. The van der Waals surface area contributed by atoms with Crippen molar-refractivity contribution in [3.63, 3.8) is 0 Å². The van der Waals surface area contributed by atoms with E-state index < -0.39 is 4.92 Å². The van der Waals surface area contributed by atoms with Crippen LogP contribution in [0.25, 0.3) is 0 Å². The van der Waals surface area contributed by atoms with Crippen LogP contribution in [0.1, 0.15) is 0 Å². The van der Waals surface area contributed by atoms with Crippen molar-refractivity contribution in [3.8, 4) is 0 Å². The molecule has 1 aromatic carbocycles. The Kier molecular flexibility index (Phi) is 4.47. The third-order valence-corrected chi connectivity index (χ3v) is 1.58. The molecule has 0 saturated heterocycles. The maximum absolute atomic E-state index is 10.2. The van der Waals surface area contributed by atoms with Crippen LogP contribution in [0.4, 0.5) is 11.4 Å². The van der Waals surface area contributed by atoms with Gasteiger partial charge in [-0.15, -0.1) is 0 Å². The van der Waals surface area contributed by atoms with E-state index in [9.17, 15) is 10.1 Å². The van der Waals surface area contributed by atoms with Crippen LogP contribution in [-0.2, 0) is 12.6 Å². The Hall–Kier alpha value is -0.360. The molecule has 6 heteroatoms. The van der Waals surface area contributed by atoms with Crippen molar-refractivity contribution in [2.75, 3.05) is 5.73 Å². The second-order valence-electron chi connectivity index (χ2n) is 1.98. The Morgan fingerprint density at radius 1 is 1.50 bits per heavy atom. The molecule has 0 spiro atoms. The number of nitro benzene ring substituents is 1. The minimum atomic E-state index is -0.509. The average molecular weight is 192 g/mol. The Labute approximate surface area is 97.0 Å². The maximum Gasteiger partial charge on any atom is 1.00 e. The fourth-order valence-corrected chi connectivity index (χ4v) is 0.776. The van der Waals surface area contributed by atoms with Crippen LogP contribution in [0, 0.1) is 10.1 Å². The number of hydrogen-bond acceptors (Lipinski definition) is 4. The first-order valence-electron chi connectivity index (χ1n) is 2.82. The van der Waals surface area contributed by atoms with Crippen molar-refractivity contribution >= 4 is 24.0 Å². The van der Waals surface area contributed by atoms with Crippen molar-refractivity contribution in [1.82, 2.24) is 0 Å². The zero-order valence-corrected chi connectivity index (χ0v) is 9.30. The van der Waals surface area contributed by atoms with Gasteiger partial charge < -0.3 is 18.4 Å². The summed E-state index contributed by atoms with van der Waals surface area (Å²) in [5.41, 5.74) is 5.59. The number of nitrogens with two attached hydrogens (primary N) is 1. The fourth-order valence-electron chi connectivity index (χ4n) is 0.649. The first-order chi connectivity index (χ1) is 5.11. The van der Waals surface area contributed by atoms with E-state index in [1.807, 2.05) is 0 Å². The zero-order chi connectivity index (χ0) is 8.43. The van der Waals surface area contributed by atoms with Crippen molar-refractivity contribution in [3.05, 3.63) is 28.3 Å². The van der Waals surface area contributed by atoms with E-state index in [2.05, 4.69) is 0 Å². The van der Waals surface area contributed by atoms with Crippen LogP contribution < -0.4 is 35.3 Å². The fraction of sp³-hybridized carbons (Fsp3) is 0. The summed E-state index contributed by atoms with van der Waals surface area (Å²) in [7, 11) is 0. The van der Waals surface area contributed by atoms with E-state index in [4.69, 9.17) is 18.4 Å². The minimum Gasteiger partial charge on any atom is -0.778 e. The predicted octanol–water partition coefficient (Wildman–Crippen LogP) is -1.91. The molecule has 12 heavy (non-hydrogen) atoms. The van der Waals surface area contributed by atoms with Crippen LogP contribution in [0.2, 0.25) is 0 Å². The van der Waals surface area contributed by atoms with Gasteiger partial charge in [0.1, 0.15) is 0 Å². The Bertz CT molecular complexity index is 306. The number of nitrogens with zero attached hydrogens (tertiary/aromatic N) is 1. The molecule has 4 nitrogen and oxygen atoms in total. The van der Waals surface area contributed by atoms with Gasteiger partial charge >= 0.3 is 29.6 Å². The van der Waals surface area contributed by atoms with E-state index in [0.29, 0.717) is 4.90 Å². The summed E-state index contributed by atoms with van der Waals surface area (Å²) in [6.45, 7) is 0. The molecule has 0 aromatic heterocycles. The number of rotatable bonds is 1. The average Bonchev–Trinajstić information content (AvgIpc) is 1.94. The molecular weight excluding hydrogens is 187 g/mol. The molecule has 0 aliphatic heterocycles. The molecule has 0 amide bonds. The summed E-state index contributed by atoms with van der Waals surface area (Å²) >= 11 is 4.75. The molecule has 0 atom stereocenters. The molecule has 0 fully saturated rings. The van der Waals surface area contributed by atoms with Crippen LogP contribution in [-0.4, -0.2) is 4.92 Å². The van der Waals surface area contributed by atoms with E-state index in [-0.39, 0.29) is 40.9 Å². The number of hydrogen-bond donors (Lipinski definition) is 1. The minimum absolute atomic E-state index is 0. The van der Waals surface area contributed by atoms with Crippen molar-refractivity contribution < 1.29 is 34.5 Å². The Balaban J connectivity index is 0.00000121. The number of benzene rings is 1. The van der Waals surface area contributed by atoms with Crippen molar-refractivity contribution in [2.24, 2.45) is 0 Å². The second-order valence-corrected chi connectivity index (χ2v) is 2.42. The Morgan fingerprint density at radius 2 is 2.08 bits per heavy atom. The molecule has 0 saturated carbocycles. The molecule has 0 aliphatic rings. The van der Waals surface area contributed by atoms with Gasteiger partial charge in [0.25, 0.3) is 5.69 Å². The standard InChI is InChI=1S/C6H6N2O2S.Na/c7-5-3-4(8(9)10)1-2-6(5)11;/h1-3,11H,7H2;/q;+1/p-1. The molecule has 0 heterocycles. The number of anilines is 1. The number of nitro groups is 1. The molecule has 58 valence electrons. The van der Waals surface area contributed by atoms with E-state index >= 15 is 0 Å². The molecule has 1 aromatic rings. The van der Waals surface area contributed by atoms with Crippen LogP contribution >= 0.6 is 0 Å². The van der Waals surface area contributed by atoms with Crippen LogP contribution in [0.3, 0.4) is 0 Å². The normalized spacial score (nSPS) is 8.67. The summed E-state index contributed by atoms with van der Waals surface area (Å²) in [5, 5.41) is 10.2. The first kappa shape index (κ1) is 11.6. The quantitative estimate of drug-likeness (QED) is 0.185. The molecule has 1 rings (SSSR count). The third-order valence-electron chi connectivity index (χ3n) is 1.20. The summed E-state index contributed by atoms with van der Waals surface area (Å²) in [5.74, 6) is 0. The largest absolute Gasteiger partial charge is 1.00 e. The molecule has 2 N–H and O–H groups in total. The van der Waals surface area contributed by atoms with Gasteiger partial charge in [-0.2, -0.15) is 4.90 Å². The summed E-state index contributed by atoms with van der Waals surface area (Å²) in [6, 6.07) is 4.03. The summed E-state index contributed by atoms with van der Waals surface area (Å²) < 4.78 is 0. The molecule has 0 unspecified atom stereocenters. The number of non-ortho nitro benzene ring substituents is 1. The van der Waals surface area contributed by atoms with E-state index in [1.54, 1.807) is 0 Å². The SMILES string of the molecule is Nc1cc([N+](=O)[O-])ccc1[S-].[Na+]. The zero-order valence-electron chi connectivity index (χ0n) is 6.48. The van der Waals surface area contributed by atoms with Gasteiger partial charge in [-0.3, -0.25) is 10.1 Å². The molecule has 0 aliphatic carbocycles. The van der Waals surface area contributed by atoms with E-state index in [0.717, 1.165) is 0 Å². The topological polar surface area (TPSA) is 69.2 Å². The molecule has 0 bridgehead atoms. The molecular formula is C6H5N2NaO2S. The van der Waals surface area contributed by atoms with E-state index in [1.165, 1.54) is 18.2 Å². The second kappa shape index (κ2) is 4.61. The van der Waals surface area contributed by atoms with Gasteiger partial charge in [0.15, 0.2) is 0 Å². The number of nitrogen functional groups attached to an aromatic ring is 1. The van der Waals surface area contributed by atoms with Gasteiger partial charge in [0, 0.05) is 17.8 Å². The van der Waals surface area contributed by atoms with Gasteiger partial charge in [-0.05, 0) is 0 Å². The van der Waals surface area contributed by atoms with Gasteiger partial charge in [-0.1, -0.05) is 6.07 Å². The van der Waals surface area contributed by atoms with Crippen LogP contribution in [0.15, 0.2) is 23.1 Å². The summed E-state index contributed by atoms with van der Waals surface area (Å²) in [6.07, 6.45) is 0. The monoisotopic (exact) mass is 192 g/mol. The van der Waals surface area contributed by atoms with Crippen LogP contribution in [0.5, 0.6) is 0 Å². The van der Waals surface area contributed by atoms with Crippen molar-refractivity contribution in [2.45, 2.75) is 4.90 Å². The molecule has 0 radical (unpaired) electrons. The van der Waals surface area contributed by atoms with Crippen molar-refractivity contribution in [1.29, 1.82) is 0 Å².